The van der Waals surface area contributed by atoms with Gasteiger partial charge >= 0.3 is 5.97 Å². The minimum Gasteiger partial charge on any atom is -0.504 e. The minimum atomic E-state index is -1.01. The maximum atomic E-state index is 12.2. The number of aromatic hydroxyl groups is 1. The first-order valence-corrected chi connectivity index (χ1v) is 8.86. The number of rotatable bonds is 5. The highest BCUT2D eigenvalue weighted by Gasteiger charge is 2.24. The molecule has 3 N–H and O–H groups in total. The van der Waals surface area contributed by atoms with Gasteiger partial charge in [0.15, 0.2) is 16.7 Å². The number of carboxylic acids is 1. The third kappa shape index (κ3) is 4.48. The van der Waals surface area contributed by atoms with Gasteiger partial charge in [0.05, 0.1) is 22.8 Å². The normalized spacial score (nSPS) is 16.6. The van der Waals surface area contributed by atoms with Gasteiger partial charge in [-0.25, -0.2) is 9.79 Å². The highest BCUT2D eigenvalue weighted by Crippen LogP contribution is 2.31. The van der Waals surface area contributed by atoms with Gasteiger partial charge in [-0.1, -0.05) is 6.07 Å². The second-order valence-electron chi connectivity index (χ2n) is 5.49. The standard InChI is InChI=1S/C19H16N2O5S/c1-2-26-15-9-11(3-8-14(15)22)10-16-17(23)21-19(27-16)20-13-6-4-12(5-7-13)18(24)25/h3-10,22H,2H2,1H3,(H,24,25)(H,20,21,23)/b16-10-. The van der Waals surface area contributed by atoms with Gasteiger partial charge in [-0.2, -0.15) is 0 Å². The Labute approximate surface area is 159 Å². The summed E-state index contributed by atoms with van der Waals surface area (Å²) in [6.45, 7) is 2.23. The van der Waals surface area contributed by atoms with Crippen LogP contribution in [0.1, 0.15) is 22.8 Å². The van der Waals surface area contributed by atoms with Crippen molar-refractivity contribution in [2.75, 3.05) is 6.61 Å². The lowest BCUT2D eigenvalue weighted by molar-refractivity contribution is -0.115. The molecule has 0 spiro atoms. The number of aromatic carboxylic acids is 1. The number of ether oxygens (including phenoxy) is 1. The van der Waals surface area contributed by atoms with E-state index in [-0.39, 0.29) is 17.2 Å². The molecule has 7 nitrogen and oxygen atoms in total. The van der Waals surface area contributed by atoms with Crippen molar-refractivity contribution in [3.05, 3.63) is 58.5 Å². The third-order valence-electron chi connectivity index (χ3n) is 3.58. The lowest BCUT2D eigenvalue weighted by Gasteiger charge is -2.06. The molecule has 27 heavy (non-hydrogen) atoms. The first-order valence-electron chi connectivity index (χ1n) is 8.05. The molecule has 0 unspecified atom stereocenters. The van der Waals surface area contributed by atoms with Gasteiger partial charge in [-0.3, -0.25) is 4.79 Å². The van der Waals surface area contributed by atoms with Crippen LogP contribution in [-0.4, -0.2) is 33.9 Å². The molecule has 8 heteroatoms. The van der Waals surface area contributed by atoms with Crippen LogP contribution in [0.3, 0.4) is 0 Å². The van der Waals surface area contributed by atoms with E-state index in [1.165, 1.54) is 30.0 Å². The molecule has 0 bridgehead atoms. The van der Waals surface area contributed by atoms with Gasteiger partial charge in [-0.05, 0) is 66.7 Å². The zero-order chi connectivity index (χ0) is 19.4. The fourth-order valence-corrected chi connectivity index (χ4v) is 3.16. The Balaban J connectivity index is 1.79. The van der Waals surface area contributed by atoms with E-state index >= 15 is 0 Å². The number of phenols is 1. The Hall–Kier alpha value is -3.26. The van der Waals surface area contributed by atoms with E-state index in [2.05, 4.69) is 10.3 Å². The number of hydrogen-bond acceptors (Lipinski definition) is 6. The molecule has 0 aliphatic carbocycles. The molecular formula is C19H16N2O5S. The molecule has 1 heterocycles. The van der Waals surface area contributed by atoms with Crippen LogP contribution in [0.25, 0.3) is 6.08 Å². The van der Waals surface area contributed by atoms with Crippen molar-refractivity contribution >= 4 is 40.6 Å². The number of benzene rings is 2. The predicted molar refractivity (Wildman–Crippen MR) is 103 cm³/mol. The summed E-state index contributed by atoms with van der Waals surface area (Å²) in [6, 6.07) is 10.9. The maximum Gasteiger partial charge on any atom is 0.335 e. The van der Waals surface area contributed by atoms with Gasteiger partial charge in [0.25, 0.3) is 5.91 Å². The number of nitrogens with one attached hydrogen (secondary N) is 1. The quantitative estimate of drug-likeness (QED) is 0.682. The molecule has 138 valence electrons. The van der Waals surface area contributed by atoms with Gasteiger partial charge in [0, 0.05) is 0 Å². The smallest absolute Gasteiger partial charge is 0.335 e. The van der Waals surface area contributed by atoms with Crippen LogP contribution in [0.5, 0.6) is 11.5 Å². The van der Waals surface area contributed by atoms with E-state index in [0.29, 0.717) is 33.7 Å². The second kappa shape index (κ2) is 7.96. The number of amidine groups is 1. The number of amides is 1. The molecule has 2 aromatic rings. The van der Waals surface area contributed by atoms with Crippen LogP contribution in [0.2, 0.25) is 0 Å². The summed E-state index contributed by atoms with van der Waals surface area (Å²) in [6.07, 6.45) is 1.68. The first-order chi connectivity index (χ1) is 13.0. The predicted octanol–water partition coefficient (Wildman–Crippen LogP) is 3.38. The SMILES string of the molecule is CCOc1cc(/C=C2\SC(=Nc3ccc(C(=O)O)cc3)NC2=O)ccc1O. The Kier molecular flexibility index (Phi) is 5.46. The Morgan fingerprint density at radius 1 is 1.26 bits per heavy atom. The summed E-state index contributed by atoms with van der Waals surface area (Å²) < 4.78 is 5.34. The molecule has 1 aliphatic rings. The monoisotopic (exact) mass is 384 g/mol. The van der Waals surface area contributed by atoms with Gasteiger partial charge in [-0.15, -0.1) is 0 Å². The Bertz CT molecular complexity index is 951. The molecule has 0 aromatic heterocycles. The molecule has 1 fully saturated rings. The van der Waals surface area contributed by atoms with Crippen molar-refractivity contribution in [1.82, 2.24) is 5.32 Å². The fourth-order valence-electron chi connectivity index (χ4n) is 2.32. The number of hydrogen-bond donors (Lipinski definition) is 3. The summed E-state index contributed by atoms with van der Waals surface area (Å²) >= 11 is 1.17. The third-order valence-corrected chi connectivity index (χ3v) is 4.49. The van der Waals surface area contributed by atoms with E-state index in [0.717, 1.165) is 0 Å². The topological polar surface area (TPSA) is 108 Å². The van der Waals surface area contributed by atoms with E-state index in [9.17, 15) is 14.7 Å². The maximum absolute atomic E-state index is 12.2. The fraction of sp³-hybridized carbons (Fsp3) is 0.105. The number of phenolic OH excluding ortho intramolecular Hbond substituents is 1. The second-order valence-corrected chi connectivity index (χ2v) is 6.52. The lowest BCUT2D eigenvalue weighted by atomic mass is 10.2. The molecule has 1 saturated heterocycles. The van der Waals surface area contributed by atoms with Gasteiger partial charge < -0.3 is 20.3 Å². The summed E-state index contributed by atoms with van der Waals surface area (Å²) in [5.41, 5.74) is 1.41. The van der Waals surface area contributed by atoms with Crippen LogP contribution < -0.4 is 10.1 Å². The number of nitrogens with zero attached hydrogens (tertiary/aromatic N) is 1. The minimum absolute atomic E-state index is 0.0367. The summed E-state index contributed by atoms with van der Waals surface area (Å²) in [7, 11) is 0. The number of thioether (sulfide) groups is 1. The molecule has 0 saturated carbocycles. The molecule has 0 atom stereocenters. The summed E-state index contributed by atoms with van der Waals surface area (Å²) in [5, 5.41) is 21.7. The largest absolute Gasteiger partial charge is 0.504 e. The van der Waals surface area contributed by atoms with E-state index in [4.69, 9.17) is 9.84 Å². The number of carboxylic acid groups (broad SMARTS) is 1. The average Bonchev–Trinajstić information content (AvgIpc) is 2.97. The van der Waals surface area contributed by atoms with Gasteiger partial charge in [0.2, 0.25) is 0 Å². The zero-order valence-corrected chi connectivity index (χ0v) is 15.1. The van der Waals surface area contributed by atoms with Crippen molar-refractivity contribution in [2.24, 2.45) is 4.99 Å². The van der Waals surface area contributed by atoms with Crippen molar-refractivity contribution < 1.29 is 24.5 Å². The molecule has 1 amide bonds. The van der Waals surface area contributed by atoms with Crippen LogP contribution in [-0.2, 0) is 4.79 Å². The summed E-state index contributed by atoms with van der Waals surface area (Å²) in [4.78, 5) is 27.8. The van der Waals surface area contributed by atoms with Crippen LogP contribution >= 0.6 is 11.8 Å². The lowest BCUT2D eigenvalue weighted by Crippen LogP contribution is -2.19. The molecule has 0 radical (unpaired) electrons. The highest BCUT2D eigenvalue weighted by atomic mass is 32.2. The van der Waals surface area contributed by atoms with Crippen LogP contribution in [0.15, 0.2) is 52.4 Å². The summed E-state index contributed by atoms with van der Waals surface area (Å²) in [5.74, 6) is -0.910. The van der Waals surface area contributed by atoms with Crippen molar-refractivity contribution in [3.8, 4) is 11.5 Å². The Morgan fingerprint density at radius 3 is 2.67 bits per heavy atom. The average molecular weight is 384 g/mol. The number of carbonyl (C=O) groups excluding carboxylic acids is 1. The van der Waals surface area contributed by atoms with E-state index < -0.39 is 5.97 Å². The molecule has 3 rings (SSSR count). The number of aliphatic imine (C=N–C) groups is 1. The van der Waals surface area contributed by atoms with Crippen molar-refractivity contribution in [1.29, 1.82) is 0 Å². The van der Waals surface area contributed by atoms with Crippen molar-refractivity contribution in [3.63, 3.8) is 0 Å². The van der Waals surface area contributed by atoms with E-state index in [1.807, 2.05) is 6.92 Å². The zero-order valence-electron chi connectivity index (χ0n) is 14.3. The number of carbonyl (C=O) groups is 2. The molecular weight excluding hydrogens is 368 g/mol. The van der Waals surface area contributed by atoms with Crippen LogP contribution in [0, 0.1) is 0 Å². The molecule has 2 aromatic carbocycles. The van der Waals surface area contributed by atoms with Crippen LogP contribution in [0.4, 0.5) is 5.69 Å². The Morgan fingerprint density at radius 2 is 2.00 bits per heavy atom. The van der Waals surface area contributed by atoms with E-state index in [1.54, 1.807) is 30.3 Å². The highest BCUT2D eigenvalue weighted by molar-refractivity contribution is 8.18. The van der Waals surface area contributed by atoms with Gasteiger partial charge in [0.1, 0.15) is 0 Å². The van der Waals surface area contributed by atoms with Crippen molar-refractivity contribution in [2.45, 2.75) is 6.92 Å². The molecule has 1 aliphatic heterocycles. The first kappa shape index (κ1) is 18.5.